The number of carboxylic acid groups (broad SMARTS) is 1. The van der Waals surface area contributed by atoms with Gasteiger partial charge in [0.2, 0.25) is 5.91 Å². The van der Waals surface area contributed by atoms with Crippen molar-refractivity contribution in [2.24, 2.45) is 0 Å². The summed E-state index contributed by atoms with van der Waals surface area (Å²) < 4.78 is 0. The number of anilines is 1. The molecule has 0 unspecified atom stereocenters. The molecule has 2 aromatic carbocycles. The van der Waals surface area contributed by atoms with Crippen molar-refractivity contribution in [3.05, 3.63) is 65.7 Å². The Balaban J connectivity index is 1.82. The van der Waals surface area contributed by atoms with Gasteiger partial charge in [-0.3, -0.25) is 4.79 Å². The van der Waals surface area contributed by atoms with Gasteiger partial charge in [-0.1, -0.05) is 48.5 Å². The van der Waals surface area contributed by atoms with Crippen molar-refractivity contribution in [1.82, 2.24) is 5.32 Å². The summed E-state index contributed by atoms with van der Waals surface area (Å²) in [7, 11) is 0. The van der Waals surface area contributed by atoms with E-state index in [0.29, 0.717) is 6.54 Å². The highest BCUT2D eigenvalue weighted by atomic mass is 16.4. The highest BCUT2D eigenvalue weighted by Crippen LogP contribution is 2.12. The molecule has 5 heteroatoms. The summed E-state index contributed by atoms with van der Waals surface area (Å²) in [6, 6.07) is 16.2. The first-order valence-corrected chi connectivity index (χ1v) is 7.92. The van der Waals surface area contributed by atoms with Gasteiger partial charge in [-0.25, -0.2) is 4.79 Å². The largest absolute Gasteiger partial charge is 0.480 e. The lowest BCUT2D eigenvalue weighted by atomic mass is 10.1. The third-order valence-electron chi connectivity index (χ3n) is 3.73. The number of benzene rings is 2. The zero-order valence-corrected chi connectivity index (χ0v) is 13.7. The number of hydrogen-bond acceptors (Lipinski definition) is 3. The molecule has 0 aliphatic heterocycles. The number of amides is 1. The van der Waals surface area contributed by atoms with Crippen LogP contribution in [0.3, 0.4) is 0 Å². The number of carbonyl (C=O) groups is 2. The molecule has 2 aromatic rings. The number of para-hydroxylation sites is 1. The van der Waals surface area contributed by atoms with Crippen LogP contribution in [0.1, 0.15) is 17.5 Å². The van der Waals surface area contributed by atoms with E-state index in [-0.39, 0.29) is 18.7 Å². The molecule has 24 heavy (non-hydrogen) atoms. The topological polar surface area (TPSA) is 78.4 Å². The van der Waals surface area contributed by atoms with Gasteiger partial charge < -0.3 is 15.7 Å². The van der Waals surface area contributed by atoms with Crippen molar-refractivity contribution in [3.8, 4) is 0 Å². The van der Waals surface area contributed by atoms with Crippen molar-refractivity contribution in [2.75, 3.05) is 11.9 Å². The number of rotatable bonds is 8. The number of nitrogens with one attached hydrogen (secondary N) is 2. The number of aliphatic carboxylic acids is 1. The molecule has 0 saturated heterocycles. The van der Waals surface area contributed by atoms with Crippen LogP contribution in [0.2, 0.25) is 0 Å². The maximum Gasteiger partial charge on any atom is 0.326 e. The standard InChI is InChI=1S/C19H22N2O3/c1-14-7-5-6-10-16(14)20-12-11-18(22)21-17(19(23)24)13-15-8-3-2-4-9-15/h2-10,17,20H,11-13H2,1H3,(H,21,22)(H,23,24)/t17-/m0/s1. The Bertz CT molecular complexity index is 686. The lowest BCUT2D eigenvalue weighted by Gasteiger charge is -2.15. The summed E-state index contributed by atoms with van der Waals surface area (Å²) in [5.41, 5.74) is 2.96. The number of aryl methyl sites for hydroxylation is 1. The SMILES string of the molecule is Cc1ccccc1NCCC(=O)N[C@@H](Cc1ccccc1)C(=O)O. The Morgan fingerprint density at radius 3 is 2.38 bits per heavy atom. The molecule has 0 saturated carbocycles. The van der Waals surface area contributed by atoms with E-state index in [4.69, 9.17) is 0 Å². The van der Waals surface area contributed by atoms with E-state index in [0.717, 1.165) is 16.8 Å². The molecule has 2 rings (SSSR count). The van der Waals surface area contributed by atoms with Crippen molar-refractivity contribution in [1.29, 1.82) is 0 Å². The molecular weight excluding hydrogens is 304 g/mol. The minimum absolute atomic E-state index is 0.215. The molecule has 1 atom stereocenters. The van der Waals surface area contributed by atoms with Crippen LogP contribution in [0.15, 0.2) is 54.6 Å². The second-order valence-electron chi connectivity index (χ2n) is 5.64. The van der Waals surface area contributed by atoms with Crippen molar-refractivity contribution in [3.63, 3.8) is 0 Å². The minimum atomic E-state index is -1.03. The summed E-state index contributed by atoms with van der Waals surface area (Å²) in [6.45, 7) is 2.44. The lowest BCUT2D eigenvalue weighted by Crippen LogP contribution is -2.42. The molecule has 0 radical (unpaired) electrons. The van der Waals surface area contributed by atoms with Crippen LogP contribution in [0.5, 0.6) is 0 Å². The molecule has 3 N–H and O–H groups in total. The Labute approximate surface area is 141 Å². The fourth-order valence-electron chi connectivity index (χ4n) is 2.40. The second-order valence-corrected chi connectivity index (χ2v) is 5.64. The first kappa shape index (κ1) is 17.5. The molecule has 0 bridgehead atoms. The van der Waals surface area contributed by atoms with Crippen LogP contribution >= 0.6 is 0 Å². The molecule has 0 aromatic heterocycles. The third-order valence-corrected chi connectivity index (χ3v) is 3.73. The summed E-state index contributed by atoms with van der Waals surface area (Å²) in [4.78, 5) is 23.4. The van der Waals surface area contributed by atoms with E-state index in [1.807, 2.05) is 61.5 Å². The van der Waals surface area contributed by atoms with Gasteiger partial charge in [0.1, 0.15) is 6.04 Å². The highest BCUT2D eigenvalue weighted by Gasteiger charge is 2.20. The molecule has 0 spiro atoms. The van der Waals surface area contributed by atoms with Crippen LogP contribution in [-0.2, 0) is 16.0 Å². The van der Waals surface area contributed by atoms with E-state index in [9.17, 15) is 14.7 Å². The van der Waals surface area contributed by atoms with Crippen molar-refractivity contribution in [2.45, 2.75) is 25.8 Å². The minimum Gasteiger partial charge on any atom is -0.480 e. The van der Waals surface area contributed by atoms with Crippen LogP contribution in [-0.4, -0.2) is 29.6 Å². The molecule has 0 aliphatic carbocycles. The number of carboxylic acids is 1. The summed E-state index contributed by atoms with van der Waals surface area (Å²) >= 11 is 0. The van der Waals surface area contributed by atoms with Gasteiger partial charge in [-0.05, 0) is 24.1 Å². The van der Waals surface area contributed by atoms with Gasteiger partial charge in [0.15, 0.2) is 0 Å². The van der Waals surface area contributed by atoms with Crippen LogP contribution in [0.25, 0.3) is 0 Å². The Morgan fingerprint density at radius 2 is 1.71 bits per heavy atom. The van der Waals surface area contributed by atoms with E-state index in [1.165, 1.54) is 0 Å². The fourth-order valence-corrected chi connectivity index (χ4v) is 2.40. The molecule has 0 heterocycles. The normalized spacial score (nSPS) is 11.5. The highest BCUT2D eigenvalue weighted by molar-refractivity contribution is 5.84. The quantitative estimate of drug-likeness (QED) is 0.697. The Kier molecular flexibility index (Phi) is 6.37. The Morgan fingerprint density at radius 1 is 1.04 bits per heavy atom. The van der Waals surface area contributed by atoms with Gasteiger partial charge >= 0.3 is 5.97 Å². The molecule has 1 amide bonds. The van der Waals surface area contributed by atoms with Crippen LogP contribution in [0, 0.1) is 6.92 Å². The average molecular weight is 326 g/mol. The van der Waals surface area contributed by atoms with Crippen LogP contribution < -0.4 is 10.6 Å². The van der Waals surface area contributed by atoms with Crippen LogP contribution in [0.4, 0.5) is 5.69 Å². The zero-order valence-electron chi connectivity index (χ0n) is 13.7. The average Bonchev–Trinajstić information content (AvgIpc) is 2.57. The molecule has 5 nitrogen and oxygen atoms in total. The first-order chi connectivity index (χ1) is 11.6. The number of carbonyl (C=O) groups excluding carboxylic acids is 1. The van der Waals surface area contributed by atoms with E-state index in [1.54, 1.807) is 0 Å². The van der Waals surface area contributed by atoms with E-state index < -0.39 is 12.0 Å². The van der Waals surface area contributed by atoms with Crippen molar-refractivity contribution >= 4 is 17.6 Å². The molecule has 0 fully saturated rings. The number of hydrogen-bond donors (Lipinski definition) is 3. The predicted octanol–water partition coefficient (Wildman–Crippen LogP) is 2.61. The summed E-state index contributed by atoms with van der Waals surface area (Å²) in [5, 5.41) is 15.1. The van der Waals surface area contributed by atoms with Gasteiger partial charge in [-0.2, -0.15) is 0 Å². The predicted molar refractivity (Wildman–Crippen MR) is 94.0 cm³/mol. The summed E-state index contributed by atoms with van der Waals surface area (Å²) in [6.07, 6.45) is 0.486. The van der Waals surface area contributed by atoms with Crippen molar-refractivity contribution < 1.29 is 14.7 Å². The molecular formula is C19H22N2O3. The molecule has 0 aliphatic rings. The van der Waals surface area contributed by atoms with Gasteiger partial charge in [-0.15, -0.1) is 0 Å². The first-order valence-electron chi connectivity index (χ1n) is 7.92. The summed E-state index contributed by atoms with van der Waals surface area (Å²) in [5.74, 6) is -1.31. The fraction of sp³-hybridized carbons (Fsp3) is 0.263. The zero-order chi connectivity index (χ0) is 17.4. The van der Waals surface area contributed by atoms with Gasteiger partial charge in [0, 0.05) is 25.1 Å². The molecule has 126 valence electrons. The van der Waals surface area contributed by atoms with E-state index >= 15 is 0 Å². The Hall–Kier alpha value is -2.82. The maximum atomic E-state index is 12.0. The van der Waals surface area contributed by atoms with Gasteiger partial charge in [0.05, 0.1) is 0 Å². The van der Waals surface area contributed by atoms with E-state index in [2.05, 4.69) is 10.6 Å². The third kappa shape index (κ3) is 5.43. The monoisotopic (exact) mass is 326 g/mol. The maximum absolute atomic E-state index is 12.0. The van der Waals surface area contributed by atoms with Gasteiger partial charge in [0.25, 0.3) is 0 Å². The lowest BCUT2D eigenvalue weighted by molar-refractivity contribution is -0.141. The second kappa shape index (κ2) is 8.72. The smallest absolute Gasteiger partial charge is 0.326 e.